The minimum atomic E-state index is -0.930. The number of rotatable bonds is 3. The van der Waals surface area contributed by atoms with Crippen LogP contribution >= 0.6 is 0 Å². The molecule has 0 aliphatic carbocycles. The van der Waals surface area contributed by atoms with Gasteiger partial charge in [0.25, 0.3) is 0 Å². The summed E-state index contributed by atoms with van der Waals surface area (Å²) in [4.78, 5) is 21.4. The van der Waals surface area contributed by atoms with Crippen LogP contribution < -0.4 is 4.74 Å². The summed E-state index contributed by atoms with van der Waals surface area (Å²) < 4.78 is 23.1. The van der Waals surface area contributed by atoms with Gasteiger partial charge in [-0.1, -0.05) is 0 Å². The molecule has 0 N–H and O–H groups in total. The standard InChI is InChI=1S/C11H10FNO5/c1-6-4-10(11(14)17-6)18-9-5-7(12)2-3-8(9)13(15)16/h2-3,5-6,10H,4H2,1H3. The summed E-state index contributed by atoms with van der Waals surface area (Å²) in [5.41, 5.74) is -0.385. The van der Waals surface area contributed by atoms with Crippen molar-refractivity contribution in [2.24, 2.45) is 0 Å². The molecule has 1 heterocycles. The first kappa shape index (κ1) is 12.3. The van der Waals surface area contributed by atoms with E-state index in [1.54, 1.807) is 6.92 Å². The normalized spacial score (nSPS) is 22.7. The van der Waals surface area contributed by atoms with Crippen molar-refractivity contribution in [2.75, 3.05) is 0 Å². The number of hydrogen-bond donors (Lipinski definition) is 0. The molecule has 18 heavy (non-hydrogen) atoms. The molecule has 1 aliphatic heterocycles. The van der Waals surface area contributed by atoms with Gasteiger partial charge in [-0.2, -0.15) is 0 Å². The minimum Gasteiger partial charge on any atom is -0.471 e. The van der Waals surface area contributed by atoms with Crippen molar-refractivity contribution in [1.82, 2.24) is 0 Å². The summed E-state index contributed by atoms with van der Waals surface area (Å²) in [6.45, 7) is 1.68. The molecule has 1 saturated heterocycles. The van der Waals surface area contributed by atoms with Crippen LogP contribution in [0.25, 0.3) is 0 Å². The average Bonchev–Trinajstić information content (AvgIpc) is 2.57. The van der Waals surface area contributed by atoms with Crippen molar-refractivity contribution in [3.63, 3.8) is 0 Å². The number of cyclic esters (lactones) is 1. The Morgan fingerprint density at radius 1 is 1.56 bits per heavy atom. The molecule has 96 valence electrons. The lowest BCUT2D eigenvalue weighted by Crippen LogP contribution is -2.22. The topological polar surface area (TPSA) is 78.7 Å². The molecule has 1 aromatic carbocycles. The van der Waals surface area contributed by atoms with Crippen LogP contribution in [-0.4, -0.2) is 23.1 Å². The third-order valence-corrected chi connectivity index (χ3v) is 2.51. The molecule has 0 spiro atoms. The van der Waals surface area contributed by atoms with Gasteiger partial charge in [-0.25, -0.2) is 9.18 Å². The van der Waals surface area contributed by atoms with Gasteiger partial charge in [0.05, 0.1) is 4.92 Å². The van der Waals surface area contributed by atoms with Crippen LogP contribution in [0.1, 0.15) is 13.3 Å². The second-order valence-electron chi connectivity index (χ2n) is 3.96. The summed E-state index contributed by atoms with van der Waals surface area (Å²) in [7, 11) is 0. The lowest BCUT2D eigenvalue weighted by molar-refractivity contribution is -0.386. The monoisotopic (exact) mass is 255 g/mol. The van der Waals surface area contributed by atoms with Crippen molar-refractivity contribution in [2.45, 2.75) is 25.6 Å². The van der Waals surface area contributed by atoms with Gasteiger partial charge in [0.2, 0.25) is 5.75 Å². The van der Waals surface area contributed by atoms with E-state index in [-0.39, 0.29) is 24.0 Å². The fourth-order valence-electron chi connectivity index (χ4n) is 1.70. The molecule has 2 unspecified atom stereocenters. The van der Waals surface area contributed by atoms with Gasteiger partial charge in [0, 0.05) is 18.6 Å². The number of nitro benzene ring substituents is 1. The van der Waals surface area contributed by atoms with Gasteiger partial charge in [0.1, 0.15) is 11.9 Å². The van der Waals surface area contributed by atoms with Gasteiger partial charge < -0.3 is 9.47 Å². The molecule has 0 amide bonds. The first-order valence-corrected chi connectivity index (χ1v) is 5.28. The fraction of sp³-hybridized carbons (Fsp3) is 0.364. The highest BCUT2D eigenvalue weighted by molar-refractivity contribution is 5.77. The third kappa shape index (κ3) is 2.39. The second kappa shape index (κ2) is 4.59. The largest absolute Gasteiger partial charge is 0.471 e. The molecule has 2 atom stereocenters. The van der Waals surface area contributed by atoms with E-state index in [4.69, 9.17) is 9.47 Å². The summed E-state index contributed by atoms with van der Waals surface area (Å²) in [5.74, 6) is -1.54. The van der Waals surface area contributed by atoms with Crippen LogP contribution in [-0.2, 0) is 9.53 Å². The first-order chi connectivity index (χ1) is 8.47. The summed E-state index contributed by atoms with van der Waals surface area (Å²) in [6, 6.07) is 2.84. The van der Waals surface area contributed by atoms with Crippen LogP contribution in [0.4, 0.5) is 10.1 Å². The number of carbonyl (C=O) groups is 1. The summed E-state index contributed by atoms with van der Waals surface area (Å²) in [5, 5.41) is 10.7. The highest BCUT2D eigenvalue weighted by atomic mass is 19.1. The zero-order valence-electron chi connectivity index (χ0n) is 9.46. The SMILES string of the molecule is CC1CC(Oc2cc(F)ccc2[N+](=O)[O-])C(=O)O1. The van der Waals surface area contributed by atoms with Crippen LogP contribution in [0, 0.1) is 15.9 Å². The summed E-state index contributed by atoms with van der Waals surface area (Å²) >= 11 is 0. The quantitative estimate of drug-likeness (QED) is 0.467. The molecule has 7 heteroatoms. The molecule has 1 aromatic rings. The Hall–Kier alpha value is -2.18. The molecule has 2 rings (SSSR count). The van der Waals surface area contributed by atoms with Gasteiger partial charge in [-0.15, -0.1) is 0 Å². The highest BCUT2D eigenvalue weighted by Gasteiger charge is 2.35. The minimum absolute atomic E-state index is 0.268. The maximum Gasteiger partial charge on any atom is 0.347 e. The molecular formula is C11H10FNO5. The molecule has 0 aromatic heterocycles. The molecule has 1 aliphatic rings. The van der Waals surface area contributed by atoms with E-state index in [1.165, 1.54) is 0 Å². The van der Waals surface area contributed by atoms with E-state index in [0.717, 1.165) is 18.2 Å². The van der Waals surface area contributed by atoms with Crippen molar-refractivity contribution in [3.05, 3.63) is 34.1 Å². The predicted octanol–water partition coefficient (Wildman–Crippen LogP) is 1.82. The van der Waals surface area contributed by atoms with Crippen molar-refractivity contribution in [1.29, 1.82) is 0 Å². The van der Waals surface area contributed by atoms with E-state index in [9.17, 15) is 19.3 Å². The zero-order chi connectivity index (χ0) is 13.3. The van der Waals surface area contributed by atoms with Crippen LogP contribution in [0.5, 0.6) is 5.75 Å². The molecule has 0 saturated carbocycles. The van der Waals surface area contributed by atoms with Crippen molar-refractivity contribution >= 4 is 11.7 Å². The van der Waals surface area contributed by atoms with Gasteiger partial charge >= 0.3 is 11.7 Å². The van der Waals surface area contributed by atoms with Gasteiger partial charge in [-0.05, 0) is 13.0 Å². The number of nitrogens with zero attached hydrogens (tertiary/aromatic N) is 1. The maximum absolute atomic E-state index is 13.0. The Kier molecular flexibility index (Phi) is 3.14. The van der Waals surface area contributed by atoms with E-state index >= 15 is 0 Å². The number of halogens is 1. The average molecular weight is 255 g/mol. The maximum atomic E-state index is 13.0. The van der Waals surface area contributed by atoms with Crippen LogP contribution in [0.2, 0.25) is 0 Å². The zero-order valence-corrected chi connectivity index (χ0v) is 9.46. The number of benzene rings is 1. The highest BCUT2D eigenvalue weighted by Crippen LogP contribution is 2.30. The Balaban J connectivity index is 2.25. The van der Waals surface area contributed by atoms with E-state index < -0.39 is 22.8 Å². The van der Waals surface area contributed by atoms with Crippen LogP contribution in [0.15, 0.2) is 18.2 Å². The summed E-state index contributed by atoms with van der Waals surface area (Å²) in [6.07, 6.45) is -0.956. The Labute approximate surface area is 101 Å². The number of carbonyl (C=O) groups excluding carboxylic acids is 1. The molecular weight excluding hydrogens is 245 g/mol. The van der Waals surface area contributed by atoms with E-state index in [2.05, 4.69) is 0 Å². The lowest BCUT2D eigenvalue weighted by Gasteiger charge is -2.09. The van der Waals surface area contributed by atoms with Crippen LogP contribution in [0.3, 0.4) is 0 Å². The Bertz CT molecular complexity index is 504. The van der Waals surface area contributed by atoms with Gasteiger partial charge in [0.15, 0.2) is 6.10 Å². The van der Waals surface area contributed by atoms with Crippen molar-refractivity contribution < 1.29 is 23.6 Å². The fourth-order valence-corrected chi connectivity index (χ4v) is 1.70. The van der Waals surface area contributed by atoms with E-state index in [0.29, 0.717) is 0 Å². The smallest absolute Gasteiger partial charge is 0.347 e. The molecule has 1 fully saturated rings. The molecule has 6 nitrogen and oxygen atoms in total. The van der Waals surface area contributed by atoms with E-state index in [1.807, 2.05) is 0 Å². The third-order valence-electron chi connectivity index (χ3n) is 2.51. The lowest BCUT2D eigenvalue weighted by atomic mass is 10.2. The predicted molar refractivity (Wildman–Crippen MR) is 57.6 cm³/mol. The molecule has 0 bridgehead atoms. The van der Waals surface area contributed by atoms with Gasteiger partial charge in [-0.3, -0.25) is 10.1 Å². The second-order valence-corrected chi connectivity index (χ2v) is 3.96. The number of ether oxygens (including phenoxy) is 2. The number of nitro groups is 1. The number of hydrogen-bond acceptors (Lipinski definition) is 5. The first-order valence-electron chi connectivity index (χ1n) is 5.28. The Morgan fingerprint density at radius 2 is 2.28 bits per heavy atom. The molecule has 0 radical (unpaired) electrons. The Morgan fingerprint density at radius 3 is 2.83 bits per heavy atom. The number of esters is 1. The van der Waals surface area contributed by atoms with Crippen molar-refractivity contribution in [3.8, 4) is 5.75 Å².